The van der Waals surface area contributed by atoms with Crippen molar-refractivity contribution < 1.29 is 9.53 Å². The Bertz CT molecular complexity index is 1120. The van der Waals surface area contributed by atoms with Crippen LogP contribution in [-0.4, -0.2) is 20.9 Å². The molecule has 30 heavy (non-hydrogen) atoms. The second-order valence-corrected chi connectivity index (χ2v) is 7.98. The molecule has 2 aromatic heterocycles. The van der Waals surface area contributed by atoms with Crippen LogP contribution in [0.4, 0.5) is 0 Å². The normalized spacial score (nSPS) is 11.8. The zero-order valence-corrected chi connectivity index (χ0v) is 17.6. The number of imidazole rings is 1. The third-order valence-electron chi connectivity index (χ3n) is 4.61. The number of nitrogens with zero attached hydrogens (tertiary/aromatic N) is 2. The molecule has 0 bridgehead atoms. The summed E-state index contributed by atoms with van der Waals surface area (Å²) in [6.45, 7) is 4.28. The topological polar surface area (TPSA) is 79.9 Å². The number of amides is 1. The van der Waals surface area contributed by atoms with Gasteiger partial charge in [-0.05, 0) is 43.7 Å². The van der Waals surface area contributed by atoms with E-state index in [9.17, 15) is 4.79 Å². The van der Waals surface area contributed by atoms with E-state index < -0.39 is 0 Å². The Balaban J connectivity index is 1.34. The van der Waals surface area contributed by atoms with Gasteiger partial charge in [0.05, 0.1) is 28.6 Å². The molecule has 2 heterocycles. The van der Waals surface area contributed by atoms with E-state index in [1.165, 1.54) is 0 Å². The third kappa shape index (κ3) is 4.75. The lowest BCUT2D eigenvalue weighted by Crippen LogP contribution is -2.27. The van der Waals surface area contributed by atoms with Crippen molar-refractivity contribution >= 4 is 17.2 Å². The zero-order chi connectivity index (χ0) is 20.9. The Morgan fingerprint density at radius 3 is 2.63 bits per heavy atom. The molecule has 2 aromatic carbocycles. The lowest BCUT2D eigenvalue weighted by molar-refractivity contribution is 0.0938. The van der Waals surface area contributed by atoms with Crippen molar-refractivity contribution in [3.63, 3.8) is 0 Å². The molecule has 0 saturated carbocycles. The Labute approximate surface area is 179 Å². The highest BCUT2D eigenvalue weighted by atomic mass is 32.1. The highest BCUT2D eigenvalue weighted by molar-refractivity contribution is 7.09. The number of benzene rings is 2. The van der Waals surface area contributed by atoms with Crippen molar-refractivity contribution in [3.05, 3.63) is 88.3 Å². The van der Waals surface area contributed by atoms with Gasteiger partial charge in [0.15, 0.2) is 0 Å². The van der Waals surface area contributed by atoms with Gasteiger partial charge in [-0.15, -0.1) is 11.3 Å². The first-order chi connectivity index (χ1) is 14.6. The van der Waals surface area contributed by atoms with Gasteiger partial charge in [-0.25, -0.2) is 9.97 Å². The average Bonchev–Trinajstić information content (AvgIpc) is 3.42. The summed E-state index contributed by atoms with van der Waals surface area (Å²) in [5.41, 5.74) is 3.44. The Morgan fingerprint density at radius 2 is 1.93 bits per heavy atom. The molecule has 4 rings (SSSR count). The minimum absolute atomic E-state index is 0.165. The van der Waals surface area contributed by atoms with Crippen molar-refractivity contribution in [2.24, 2.45) is 0 Å². The lowest BCUT2D eigenvalue weighted by atomic mass is 10.2. The number of hydrogen-bond acceptors (Lipinski definition) is 5. The molecule has 0 saturated heterocycles. The average molecular weight is 419 g/mol. The van der Waals surface area contributed by atoms with E-state index in [1.807, 2.05) is 49.6 Å². The van der Waals surface area contributed by atoms with E-state index in [0.717, 1.165) is 22.0 Å². The second kappa shape index (κ2) is 8.92. The van der Waals surface area contributed by atoms with Crippen LogP contribution in [0.5, 0.6) is 5.75 Å². The van der Waals surface area contributed by atoms with Gasteiger partial charge in [0.1, 0.15) is 18.2 Å². The number of carbonyl (C=O) groups excluding carboxylic acids is 1. The van der Waals surface area contributed by atoms with Gasteiger partial charge >= 0.3 is 0 Å². The first kappa shape index (κ1) is 19.8. The van der Waals surface area contributed by atoms with Gasteiger partial charge in [0.2, 0.25) is 0 Å². The van der Waals surface area contributed by atoms with Crippen molar-refractivity contribution in [2.45, 2.75) is 26.5 Å². The van der Waals surface area contributed by atoms with Crippen LogP contribution in [0, 0.1) is 6.92 Å². The van der Waals surface area contributed by atoms with E-state index in [1.54, 1.807) is 41.8 Å². The molecular weight excluding hydrogens is 396 g/mol. The molecule has 4 aromatic rings. The minimum Gasteiger partial charge on any atom is -0.487 e. The Morgan fingerprint density at radius 1 is 1.17 bits per heavy atom. The molecule has 0 fully saturated rings. The molecule has 0 spiro atoms. The number of H-pyrrole nitrogens is 1. The Hall–Kier alpha value is -3.45. The number of nitrogens with one attached hydrogen (secondary N) is 2. The fourth-order valence-electron chi connectivity index (χ4n) is 3.00. The number of thiazole rings is 1. The summed E-state index contributed by atoms with van der Waals surface area (Å²) < 4.78 is 5.73. The van der Waals surface area contributed by atoms with E-state index in [0.29, 0.717) is 23.7 Å². The quantitative estimate of drug-likeness (QED) is 0.447. The number of aryl methyl sites for hydroxylation is 1. The van der Waals surface area contributed by atoms with E-state index >= 15 is 0 Å². The molecule has 0 aliphatic rings. The summed E-state index contributed by atoms with van der Waals surface area (Å²) in [6.07, 6.45) is 1.78. The maximum Gasteiger partial charge on any atom is 0.251 e. The maximum atomic E-state index is 12.6. The highest BCUT2D eigenvalue weighted by Gasteiger charge is 2.15. The largest absolute Gasteiger partial charge is 0.487 e. The fourth-order valence-corrected chi connectivity index (χ4v) is 3.60. The molecule has 0 radical (unpaired) electrons. The predicted molar refractivity (Wildman–Crippen MR) is 118 cm³/mol. The van der Waals surface area contributed by atoms with E-state index in [4.69, 9.17) is 4.74 Å². The molecule has 7 heteroatoms. The van der Waals surface area contributed by atoms with Gasteiger partial charge in [0.25, 0.3) is 5.91 Å². The molecule has 152 valence electrons. The van der Waals surface area contributed by atoms with Crippen LogP contribution < -0.4 is 10.1 Å². The molecule has 1 atom stereocenters. The summed E-state index contributed by atoms with van der Waals surface area (Å²) in [5.74, 6) is 1.24. The predicted octanol–water partition coefficient (Wildman–Crippen LogP) is 4.91. The summed E-state index contributed by atoms with van der Waals surface area (Å²) in [4.78, 5) is 24.7. The molecule has 2 N–H and O–H groups in total. The maximum absolute atomic E-state index is 12.6. The van der Waals surface area contributed by atoms with Gasteiger partial charge in [-0.1, -0.05) is 30.3 Å². The van der Waals surface area contributed by atoms with Gasteiger partial charge in [-0.3, -0.25) is 4.79 Å². The first-order valence-electron chi connectivity index (χ1n) is 9.63. The number of rotatable bonds is 7. The van der Waals surface area contributed by atoms with Crippen LogP contribution in [-0.2, 0) is 6.61 Å². The van der Waals surface area contributed by atoms with Gasteiger partial charge in [-0.2, -0.15) is 0 Å². The first-order valence-corrected chi connectivity index (χ1v) is 10.5. The lowest BCUT2D eigenvalue weighted by Gasteiger charge is -2.12. The SMILES string of the molecule is Cc1nc(COc2ccc(C(=O)NC(C)c3ncc(-c4ccccc4)[nH]3)cc2)cs1. The molecule has 1 amide bonds. The molecular formula is C23H22N4O2S. The van der Waals surface area contributed by atoms with Crippen LogP contribution >= 0.6 is 11.3 Å². The van der Waals surface area contributed by atoms with Gasteiger partial charge < -0.3 is 15.0 Å². The molecule has 0 aliphatic carbocycles. The second-order valence-electron chi connectivity index (χ2n) is 6.91. The van der Waals surface area contributed by atoms with Crippen LogP contribution in [0.1, 0.15) is 39.8 Å². The summed E-state index contributed by atoms with van der Waals surface area (Å²) in [7, 11) is 0. The minimum atomic E-state index is -0.251. The molecule has 6 nitrogen and oxygen atoms in total. The number of aromatic amines is 1. The molecule has 0 aliphatic heterocycles. The monoisotopic (exact) mass is 418 g/mol. The number of aromatic nitrogens is 3. The van der Waals surface area contributed by atoms with Gasteiger partial charge in [0, 0.05) is 10.9 Å². The standard InChI is InChI=1S/C23H22N4O2S/c1-15(22-24-12-21(27-22)17-6-4-3-5-7-17)25-23(28)18-8-10-20(11-9-18)29-13-19-14-30-16(2)26-19/h3-12,14-15H,13H2,1-2H3,(H,24,27)(H,25,28). The van der Waals surface area contributed by atoms with Crippen LogP contribution in [0.15, 0.2) is 66.2 Å². The van der Waals surface area contributed by atoms with Crippen LogP contribution in [0.3, 0.4) is 0 Å². The smallest absolute Gasteiger partial charge is 0.251 e. The van der Waals surface area contributed by atoms with Crippen LogP contribution in [0.25, 0.3) is 11.3 Å². The summed E-state index contributed by atoms with van der Waals surface area (Å²) in [6, 6.07) is 16.8. The summed E-state index contributed by atoms with van der Waals surface area (Å²) >= 11 is 1.60. The fraction of sp³-hybridized carbons (Fsp3) is 0.174. The van der Waals surface area contributed by atoms with E-state index in [2.05, 4.69) is 20.3 Å². The summed E-state index contributed by atoms with van der Waals surface area (Å²) in [5, 5.41) is 5.97. The van der Waals surface area contributed by atoms with Crippen LogP contribution in [0.2, 0.25) is 0 Å². The van der Waals surface area contributed by atoms with Crippen molar-refractivity contribution in [1.82, 2.24) is 20.3 Å². The zero-order valence-electron chi connectivity index (χ0n) is 16.8. The van der Waals surface area contributed by atoms with Crippen molar-refractivity contribution in [1.29, 1.82) is 0 Å². The number of hydrogen-bond donors (Lipinski definition) is 2. The third-order valence-corrected chi connectivity index (χ3v) is 5.43. The van der Waals surface area contributed by atoms with Crippen molar-refractivity contribution in [3.8, 4) is 17.0 Å². The highest BCUT2D eigenvalue weighted by Crippen LogP contribution is 2.20. The Kier molecular flexibility index (Phi) is 5.90. The van der Waals surface area contributed by atoms with E-state index in [-0.39, 0.29) is 11.9 Å². The van der Waals surface area contributed by atoms with Crippen molar-refractivity contribution in [2.75, 3.05) is 0 Å². The molecule has 1 unspecified atom stereocenters. The number of ether oxygens (including phenoxy) is 1. The number of carbonyl (C=O) groups is 1.